The molecule has 114 valence electrons. The van der Waals surface area contributed by atoms with Crippen LogP contribution in [0.2, 0.25) is 0 Å². The Morgan fingerprint density at radius 2 is 2.09 bits per heavy atom. The first kappa shape index (κ1) is 15.4. The lowest BCUT2D eigenvalue weighted by molar-refractivity contribution is -0.608. The van der Waals surface area contributed by atoms with Gasteiger partial charge in [0.25, 0.3) is 5.91 Å². The van der Waals surface area contributed by atoms with Gasteiger partial charge in [0, 0.05) is 12.1 Å². The second-order valence-corrected chi connectivity index (χ2v) is 4.52. The lowest BCUT2D eigenvalue weighted by Gasteiger charge is -2.08. The fourth-order valence-electron chi connectivity index (χ4n) is 1.70. The minimum atomic E-state index is -0.935. The van der Waals surface area contributed by atoms with Crippen molar-refractivity contribution in [2.75, 3.05) is 11.9 Å². The van der Waals surface area contributed by atoms with Crippen LogP contribution in [0.15, 0.2) is 42.6 Å². The summed E-state index contributed by atoms with van der Waals surface area (Å²) in [5, 5.41) is 13.6. The molecular formula is C15H13FN2O4. The number of nitrogens with one attached hydrogen (secondary N) is 1. The zero-order chi connectivity index (χ0) is 16.1. The summed E-state index contributed by atoms with van der Waals surface area (Å²) in [6.07, 6.45) is 1.14. The van der Waals surface area contributed by atoms with E-state index in [9.17, 15) is 19.2 Å². The van der Waals surface area contributed by atoms with Crippen LogP contribution < -0.4 is 10.0 Å². The SMILES string of the molecule is Cc1ccc(NC(=O)COC(=O)c2cccc[n+]2[O-])c(F)c1. The first-order chi connectivity index (χ1) is 10.5. The largest absolute Gasteiger partial charge is 0.618 e. The molecule has 0 spiro atoms. The number of hydrogen-bond acceptors (Lipinski definition) is 4. The number of carbonyl (C=O) groups excluding carboxylic acids is 2. The summed E-state index contributed by atoms with van der Waals surface area (Å²) in [6, 6.07) is 8.53. The number of halogens is 1. The summed E-state index contributed by atoms with van der Waals surface area (Å²) in [4.78, 5) is 23.3. The van der Waals surface area contributed by atoms with Gasteiger partial charge in [0.05, 0.1) is 5.69 Å². The van der Waals surface area contributed by atoms with E-state index in [0.29, 0.717) is 10.3 Å². The van der Waals surface area contributed by atoms with Crippen molar-refractivity contribution >= 4 is 17.6 Å². The molecule has 1 heterocycles. The highest BCUT2D eigenvalue weighted by molar-refractivity contribution is 5.94. The molecule has 0 bridgehead atoms. The van der Waals surface area contributed by atoms with Crippen LogP contribution in [0.25, 0.3) is 0 Å². The molecule has 0 aliphatic heterocycles. The zero-order valence-corrected chi connectivity index (χ0v) is 11.7. The van der Waals surface area contributed by atoms with Crippen LogP contribution in [-0.4, -0.2) is 18.5 Å². The Balaban J connectivity index is 1.93. The maximum atomic E-state index is 13.6. The number of carbonyl (C=O) groups is 2. The highest BCUT2D eigenvalue weighted by Gasteiger charge is 2.18. The Morgan fingerprint density at radius 1 is 1.32 bits per heavy atom. The van der Waals surface area contributed by atoms with Crippen molar-refractivity contribution in [3.63, 3.8) is 0 Å². The number of hydrogen-bond donors (Lipinski definition) is 1. The van der Waals surface area contributed by atoms with Gasteiger partial charge >= 0.3 is 11.7 Å². The predicted molar refractivity (Wildman–Crippen MR) is 75.5 cm³/mol. The molecule has 0 radical (unpaired) electrons. The van der Waals surface area contributed by atoms with Crippen molar-refractivity contribution in [1.82, 2.24) is 0 Å². The average molecular weight is 304 g/mol. The van der Waals surface area contributed by atoms with E-state index in [4.69, 9.17) is 4.74 Å². The molecular weight excluding hydrogens is 291 g/mol. The van der Waals surface area contributed by atoms with Crippen molar-refractivity contribution in [2.45, 2.75) is 6.92 Å². The average Bonchev–Trinajstić information content (AvgIpc) is 2.48. The third kappa shape index (κ3) is 3.78. The van der Waals surface area contributed by atoms with Crippen molar-refractivity contribution in [3.8, 4) is 0 Å². The zero-order valence-electron chi connectivity index (χ0n) is 11.7. The molecule has 2 aromatic rings. The molecule has 7 heteroatoms. The van der Waals surface area contributed by atoms with Crippen LogP contribution in [0.3, 0.4) is 0 Å². The van der Waals surface area contributed by atoms with E-state index in [-0.39, 0.29) is 11.4 Å². The Morgan fingerprint density at radius 3 is 2.77 bits per heavy atom. The topological polar surface area (TPSA) is 82.3 Å². The summed E-state index contributed by atoms with van der Waals surface area (Å²) in [7, 11) is 0. The molecule has 0 unspecified atom stereocenters. The van der Waals surface area contributed by atoms with E-state index >= 15 is 0 Å². The lowest BCUT2D eigenvalue weighted by atomic mass is 10.2. The molecule has 0 saturated carbocycles. The fourth-order valence-corrected chi connectivity index (χ4v) is 1.70. The highest BCUT2D eigenvalue weighted by Crippen LogP contribution is 2.15. The number of rotatable bonds is 4. The third-order valence-electron chi connectivity index (χ3n) is 2.77. The summed E-state index contributed by atoms with van der Waals surface area (Å²) in [5.74, 6) is -2.22. The molecule has 1 amide bonds. The van der Waals surface area contributed by atoms with Gasteiger partial charge < -0.3 is 15.3 Å². The number of nitrogens with zero attached hydrogens (tertiary/aromatic N) is 1. The summed E-state index contributed by atoms with van der Waals surface area (Å²) in [5.41, 5.74) is 0.466. The molecule has 0 atom stereocenters. The molecule has 1 N–H and O–H groups in total. The van der Waals surface area contributed by atoms with E-state index in [2.05, 4.69) is 5.32 Å². The monoisotopic (exact) mass is 304 g/mol. The molecule has 2 rings (SSSR count). The van der Waals surface area contributed by atoms with Gasteiger partial charge in [0.15, 0.2) is 12.8 Å². The first-order valence-electron chi connectivity index (χ1n) is 6.38. The summed E-state index contributed by atoms with van der Waals surface area (Å²) < 4.78 is 18.6. The Bertz CT molecular complexity index is 718. The minimum Gasteiger partial charge on any atom is -0.618 e. The van der Waals surface area contributed by atoms with E-state index in [1.807, 2.05) is 0 Å². The quantitative estimate of drug-likeness (QED) is 0.528. The number of pyridine rings is 1. The predicted octanol–water partition coefficient (Wildman–Crippen LogP) is 1.56. The van der Waals surface area contributed by atoms with E-state index < -0.39 is 24.3 Å². The van der Waals surface area contributed by atoms with E-state index in [1.54, 1.807) is 13.0 Å². The molecule has 1 aromatic carbocycles. The number of esters is 1. The maximum Gasteiger partial charge on any atom is 0.405 e. The fraction of sp³-hybridized carbons (Fsp3) is 0.133. The minimum absolute atomic E-state index is 0.00903. The summed E-state index contributed by atoms with van der Waals surface area (Å²) >= 11 is 0. The van der Waals surface area contributed by atoms with Gasteiger partial charge in [-0.15, -0.1) is 0 Å². The molecule has 22 heavy (non-hydrogen) atoms. The van der Waals surface area contributed by atoms with Crippen molar-refractivity contribution in [1.29, 1.82) is 0 Å². The van der Waals surface area contributed by atoms with E-state index in [1.165, 1.54) is 30.3 Å². The van der Waals surface area contributed by atoms with Gasteiger partial charge in [-0.3, -0.25) is 4.79 Å². The lowest BCUT2D eigenvalue weighted by Crippen LogP contribution is -2.35. The van der Waals surface area contributed by atoms with Crippen LogP contribution in [0, 0.1) is 17.9 Å². The Kier molecular flexibility index (Phi) is 4.67. The number of aromatic nitrogens is 1. The first-order valence-corrected chi connectivity index (χ1v) is 6.38. The normalized spacial score (nSPS) is 10.1. The van der Waals surface area contributed by atoms with Gasteiger partial charge in [-0.2, -0.15) is 4.73 Å². The van der Waals surface area contributed by atoms with Gasteiger partial charge in [-0.1, -0.05) is 6.07 Å². The van der Waals surface area contributed by atoms with Crippen LogP contribution in [0.4, 0.5) is 10.1 Å². The smallest absolute Gasteiger partial charge is 0.405 e. The summed E-state index contributed by atoms with van der Waals surface area (Å²) in [6.45, 7) is 1.09. The number of aryl methyl sites for hydroxylation is 1. The number of amides is 1. The van der Waals surface area contributed by atoms with Crippen LogP contribution in [0.1, 0.15) is 16.1 Å². The molecule has 0 fully saturated rings. The van der Waals surface area contributed by atoms with Crippen molar-refractivity contribution in [2.24, 2.45) is 0 Å². The second kappa shape index (κ2) is 6.66. The second-order valence-electron chi connectivity index (χ2n) is 4.52. The number of ether oxygens (including phenoxy) is 1. The molecule has 1 aromatic heterocycles. The van der Waals surface area contributed by atoms with Gasteiger partial charge in [0.2, 0.25) is 0 Å². The molecule has 6 nitrogen and oxygen atoms in total. The standard InChI is InChI=1S/C15H13FN2O4/c1-10-5-6-12(11(16)8-10)17-14(19)9-22-15(20)13-4-2-3-7-18(13)21/h2-8H,9H2,1H3,(H,17,19). The van der Waals surface area contributed by atoms with Crippen LogP contribution >= 0.6 is 0 Å². The van der Waals surface area contributed by atoms with Crippen LogP contribution in [-0.2, 0) is 9.53 Å². The number of benzene rings is 1. The molecule has 0 aliphatic rings. The van der Waals surface area contributed by atoms with Gasteiger partial charge in [0.1, 0.15) is 5.82 Å². The highest BCUT2D eigenvalue weighted by atomic mass is 19.1. The van der Waals surface area contributed by atoms with E-state index in [0.717, 1.165) is 6.20 Å². The molecule has 0 aliphatic carbocycles. The number of anilines is 1. The molecule has 0 saturated heterocycles. The van der Waals surface area contributed by atoms with Gasteiger partial charge in [-0.25, -0.2) is 9.18 Å². The Labute approximate surface area is 125 Å². The maximum absolute atomic E-state index is 13.6. The third-order valence-corrected chi connectivity index (χ3v) is 2.77. The van der Waals surface area contributed by atoms with Crippen molar-refractivity contribution in [3.05, 3.63) is 64.9 Å². The van der Waals surface area contributed by atoms with Gasteiger partial charge in [-0.05, 0) is 30.7 Å². The van der Waals surface area contributed by atoms with Crippen molar-refractivity contribution < 1.29 is 23.4 Å². The van der Waals surface area contributed by atoms with Crippen LogP contribution in [0.5, 0.6) is 0 Å². The Hall–Kier alpha value is -2.96.